The van der Waals surface area contributed by atoms with E-state index < -0.39 is 15.8 Å². The van der Waals surface area contributed by atoms with Crippen LogP contribution in [0.25, 0.3) is 11.3 Å². The van der Waals surface area contributed by atoms with Gasteiger partial charge in [-0.05, 0) is 31.9 Å². The number of benzene rings is 1. The highest BCUT2D eigenvalue weighted by molar-refractivity contribution is 7.88. The zero-order chi connectivity index (χ0) is 20.6. The smallest absolute Gasteiger partial charge is 0.259 e. The van der Waals surface area contributed by atoms with E-state index in [1.165, 1.54) is 22.5 Å². The Kier molecular flexibility index (Phi) is 5.79. The molecule has 0 radical (unpaired) electrons. The standard InChI is InChI=1S/C18H21ClFN3O4S/c1-11-15(17(21-27-11)16-13(19)5-4-6-14(16)20)18(24)23-9-7-12(8-10-23)22(2)28(3,25)26/h4-6,12H,7-10H2,1-3H3. The highest BCUT2D eigenvalue weighted by Gasteiger charge is 2.33. The van der Waals surface area contributed by atoms with Crippen LogP contribution in [0.4, 0.5) is 4.39 Å². The summed E-state index contributed by atoms with van der Waals surface area (Å²) in [6, 6.07) is 4.07. The van der Waals surface area contributed by atoms with Gasteiger partial charge in [0, 0.05) is 26.2 Å². The van der Waals surface area contributed by atoms with Crippen molar-refractivity contribution >= 4 is 27.5 Å². The lowest BCUT2D eigenvalue weighted by molar-refractivity contribution is 0.0685. The highest BCUT2D eigenvalue weighted by Crippen LogP contribution is 2.34. The van der Waals surface area contributed by atoms with Gasteiger partial charge in [0.05, 0.1) is 16.8 Å². The quantitative estimate of drug-likeness (QED) is 0.746. The zero-order valence-electron chi connectivity index (χ0n) is 15.8. The summed E-state index contributed by atoms with van der Waals surface area (Å²) in [6.07, 6.45) is 2.18. The number of hydrogen-bond acceptors (Lipinski definition) is 5. The molecule has 1 saturated heterocycles. The van der Waals surface area contributed by atoms with Gasteiger partial charge < -0.3 is 9.42 Å². The molecule has 0 N–H and O–H groups in total. The molecule has 0 bridgehead atoms. The maximum atomic E-state index is 14.3. The Hall–Kier alpha value is -1.97. The lowest BCUT2D eigenvalue weighted by Crippen LogP contribution is -2.47. The van der Waals surface area contributed by atoms with E-state index >= 15 is 0 Å². The molecule has 2 heterocycles. The van der Waals surface area contributed by atoms with E-state index in [1.54, 1.807) is 18.9 Å². The maximum Gasteiger partial charge on any atom is 0.259 e. The first-order valence-electron chi connectivity index (χ1n) is 8.74. The molecule has 0 aliphatic carbocycles. The van der Waals surface area contributed by atoms with Crippen LogP contribution >= 0.6 is 11.6 Å². The van der Waals surface area contributed by atoms with Gasteiger partial charge in [0.1, 0.15) is 22.8 Å². The Bertz CT molecular complexity index is 980. The van der Waals surface area contributed by atoms with Crippen LogP contribution in [-0.4, -0.2) is 61.1 Å². The van der Waals surface area contributed by atoms with Crippen LogP contribution in [0.1, 0.15) is 29.0 Å². The molecule has 1 aromatic carbocycles. The third-order valence-electron chi connectivity index (χ3n) is 5.07. The van der Waals surface area contributed by atoms with E-state index in [9.17, 15) is 17.6 Å². The minimum atomic E-state index is -3.29. The van der Waals surface area contributed by atoms with E-state index in [0.717, 1.165) is 6.26 Å². The minimum absolute atomic E-state index is 0.0241. The van der Waals surface area contributed by atoms with Crippen LogP contribution in [0.2, 0.25) is 5.02 Å². The van der Waals surface area contributed by atoms with Gasteiger partial charge in [-0.2, -0.15) is 0 Å². The first kappa shape index (κ1) is 20.8. The van der Waals surface area contributed by atoms with E-state index in [2.05, 4.69) is 5.16 Å². The van der Waals surface area contributed by atoms with Crippen molar-refractivity contribution in [3.8, 4) is 11.3 Å². The number of carbonyl (C=O) groups is 1. The van der Waals surface area contributed by atoms with Crippen molar-refractivity contribution in [2.45, 2.75) is 25.8 Å². The van der Waals surface area contributed by atoms with Gasteiger partial charge in [0.25, 0.3) is 5.91 Å². The fourth-order valence-electron chi connectivity index (χ4n) is 3.38. The van der Waals surface area contributed by atoms with Crippen LogP contribution in [0.15, 0.2) is 22.7 Å². The summed E-state index contributed by atoms with van der Waals surface area (Å²) in [6.45, 7) is 2.33. The molecule has 3 rings (SSSR count). The molecule has 152 valence electrons. The minimum Gasteiger partial charge on any atom is -0.360 e. The predicted molar refractivity (Wildman–Crippen MR) is 103 cm³/mol. The third kappa shape index (κ3) is 3.92. The molecule has 1 aliphatic heterocycles. The number of aromatic nitrogens is 1. The number of amides is 1. The second-order valence-corrected chi connectivity index (χ2v) is 9.31. The second-order valence-electron chi connectivity index (χ2n) is 6.86. The van der Waals surface area contributed by atoms with Gasteiger partial charge in [0.15, 0.2) is 0 Å². The molecule has 28 heavy (non-hydrogen) atoms. The van der Waals surface area contributed by atoms with Crippen molar-refractivity contribution in [1.29, 1.82) is 0 Å². The van der Waals surface area contributed by atoms with Crippen molar-refractivity contribution < 1.29 is 22.1 Å². The second kappa shape index (κ2) is 7.81. The molecule has 1 fully saturated rings. The number of likely N-dealkylation sites (tertiary alicyclic amines) is 1. The number of halogens is 2. The van der Waals surface area contributed by atoms with Crippen LogP contribution in [0.5, 0.6) is 0 Å². The molecule has 1 aromatic heterocycles. The Morgan fingerprint density at radius 3 is 2.57 bits per heavy atom. The number of carbonyl (C=O) groups excluding carboxylic acids is 1. The molecule has 0 unspecified atom stereocenters. The Balaban J connectivity index is 1.85. The van der Waals surface area contributed by atoms with Crippen molar-refractivity contribution in [1.82, 2.24) is 14.4 Å². The first-order valence-corrected chi connectivity index (χ1v) is 11.0. The third-order valence-corrected chi connectivity index (χ3v) is 6.72. The maximum absolute atomic E-state index is 14.3. The van der Waals surface area contributed by atoms with Gasteiger partial charge in [-0.3, -0.25) is 4.79 Å². The molecule has 0 saturated carbocycles. The normalized spacial score (nSPS) is 16.0. The van der Waals surface area contributed by atoms with E-state index in [4.69, 9.17) is 16.1 Å². The number of aryl methyl sites for hydroxylation is 1. The molecule has 1 amide bonds. The van der Waals surface area contributed by atoms with Crippen LogP contribution in [-0.2, 0) is 10.0 Å². The number of nitrogens with zero attached hydrogens (tertiary/aromatic N) is 3. The summed E-state index contributed by atoms with van der Waals surface area (Å²) >= 11 is 6.12. The highest BCUT2D eigenvalue weighted by atomic mass is 35.5. The van der Waals surface area contributed by atoms with Crippen molar-refractivity contribution in [3.05, 3.63) is 40.4 Å². The summed E-state index contributed by atoms with van der Waals surface area (Å²) in [7, 11) is -1.75. The van der Waals surface area contributed by atoms with Gasteiger partial charge >= 0.3 is 0 Å². The molecular formula is C18H21ClFN3O4S. The van der Waals surface area contributed by atoms with Gasteiger partial charge in [-0.15, -0.1) is 0 Å². The molecular weight excluding hydrogens is 409 g/mol. The summed E-state index contributed by atoms with van der Waals surface area (Å²) in [4.78, 5) is 14.7. The Labute approximate surface area is 168 Å². The van der Waals surface area contributed by atoms with Crippen molar-refractivity contribution in [2.24, 2.45) is 0 Å². The van der Waals surface area contributed by atoms with Gasteiger partial charge in [-0.1, -0.05) is 22.8 Å². The Morgan fingerprint density at radius 2 is 2.00 bits per heavy atom. The van der Waals surface area contributed by atoms with Crippen LogP contribution in [0.3, 0.4) is 0 Å². The van der Waals surface area contributed by atoms with Crippen molar-refractivity contribution in [3.63, 3.8) is 0 Å². The molecule has 0 spiro atoms. The topological polar surface area (TPSA) is 83.7 Å². The zero-order valence-corrected chi connectivity index (χ0v) is 17.3. The lowest BCUT2D eigenvalue weighted by Gasteiger charge is -2.35. The fourth-order valence-corrected chi connectivity index (χ4v) is 4.39. The molecule has 2 aromatic rings. The summed E-state index contributed by atoms with van der Waals surface area (Å²) < 4.78 is 44.3. The molecule has 1 aliphatic rings. The molecule has 7 nitrogen and oxygen atoms in total. The summed E-state index contributed by atoms with van der Waals surface area (Å²) in [5.41, 5.74) is 0.263. The molecule has 0 atom stereocenters. The Morgan fingerprint density at radius 1 is 1.36 bits per heavy atom. The lowest BCUT2D eigenvalue weighted by atomic mass is 10.0. The number of hydrogen-bond donors (Lipinski definition) is 0. The molecule has 10 heteroatoms. The summed E-state index contributed by atoms with van der Waals surface area (Å²) in [5.74, 6) is -0.661. The monoisotopic (exact) mass is 429 g/mol. The predicted octanol–water partition coefficient (Wildman–Crippen LogP) is 2.94. The largest absolute Gasteiger partial charge is 0.360 e. The van der Waals surface area contributed by atoms with Gasteiger partial charge in [0.2, 0.25) is 10.0 Å². The van der Waals surface area contributed by atoms with Crippen molar-refractivity contribution in [2.75, 3.05) is 26.4 Å². The van der Waals surface area contributed by atoms with E-state index in [0.29, 0.717) is 25.9 Å². The first-order chi connectivity index (χ1) is 13.1. The van der Waals surface area contributed by atoms with Crippen LogP contribution < -0.4 is 0 Å². The average molecular weight is 430 g/mol. The van der Waals surface area contributed by atoms with E-state index in [1.807, 2.05) is 0 Å². The number of piperidine rings is 1. The van der Waals surface area contributed by atoms with E-state index in [-0.39, 0.29) is 39.6 Å². The number of sulfonamides is 1. The summed E-state index contributed by atoms with van der Waals surface area (Å²) in [5, 5.41) is 4.00. The average Bonchev–Trinajstić information content (AvgIpc) is 3.01. The fraction of sp³-hybridized carbons (Fsp3) is 0.444. The number of rotatable bonds is 4. The SMILES string of the molecule is Cc1onc(-c2c(F)cccc2Cl)c1C(=O)N1CCC(N(C)S(C)(=O)=O)CC1. The van der Waals surface area contributed by atoms with Crippen LogP contribution in [0, 0.1) is 12.7 Å². The van der Waals surface area contributed by atoms with Gasteiger partial charge in [-0.25, -0.2) is 17.1 Å².